The molecule has 1 aliphatic heterocycles. The van der Waals surface area contributed by atoms with E-state index in [4.69, 9.17) is 13.6 Å². The van der Waals surface area contributed by atoms with E-state index >= 15 is 0 Å². The van der Waals surface area contributed by atoms with Gasteiger partial charge in [0.25, 0.3) is 5.91 Å². The Morgan fingerprint density at radius 3 is 2.57 bits per heavy atom. The van der Waals surface area contributed by atoms with Gasteiger partial charge >= 0.3 is 17.7 Å². The van der Waals surface area contributed by atoms with Crippen LogP contribution < -0.4 is 10.4 Å². The monoisotopic (exact) mass is 423 g/mol. The number of piperidine rings is 1. The van der Waals surface area contributed by atoms with Crippen LogP contribution in [0.1, 0.15) is 40.9 Å². The molecular weight excluding hydrogens is 407 g/mol. The highest BCUT2D eigenvalue weighted by atomic mass is 19.4. The van der Waals surface area contributed by atoms with Crippen LogP contribution in [0.4, 0.5) is 13.2 Å². The number of amides is 1. The molecule has 1 aromatic carbocycles. The normalized spacial score (nSPS) is 15.5. The Bertz CT molecular complexity index is 1150. The van der Waals surface area contributed by atoms with Crippen molar-refractivity contribution in [3.05, 3.63) is 52.0 Å². The number of methoxy groups -OCH3 is 1. The van der Waals surface area contributed by atoms with E-state index in [0.717, 1.165) is 0 Å². The number of ether oxygens (including phenoxy) is 1. The molecule has 0 radical (unpaired) electrons. The third-order valence-corrected chi connectivity index (χ3v) is 4.99. The van der Waals surface area contributed by atoms with Gasteiger partial charge in [0.2, 0.25) is 5.89 Å². The number of rotatable bonds is 3. The zero-order valence-corrected chi connectivity index (χ0v) is 15.7. The molecular formula is C19H16F3N3O5. The van der Waals surface area contributed by atoms with E-state index in [1.54, 1.807) is 18.2 Å². The van der Waals surface area contributed by atoms with Gasteiger partial charge in [-0.15, -0.1) is 10.2 Å². The Labute approximate surface area is 167 Å². The predicted molar refractivity (Wildman–Crippen MR) is 96.2 cm³/mol. The maximum atomic E-state index is 12.8. The first kappa shape index (κ1) is 19.9. The summed E-state index contributed by atoms with van der Waals surface area (Å²) >= 11 is 0. The van der Waals surface area contributed by atoms with Crippen molar-refractivity contribution in [3.8, 4) is 5.75 Å². The molecule has 1 fully saturated rings. The van der Waals surface area contributed by atoms with Crippen LogP contribution in [-0.4, -0.2) is 41.2 Å². The highest BCUT2D eigenvalue weighted by Crippen LogP contribution is 2.33. The summed E-state index contributed by atoms with van der Waals surface area (Å²) in [4.78, 5) is 26.6. The van der Waals surface area contributed by atoms with Crippen LogP contribution in [0.5, 0.6) is 5.75 Å². The Balaban J connectivity index is 1.50. The second kappa shape index (κ2) is 7.47. The molecule has 0 bridgehead atoms. The standard InChI is InChI=1S/C19H16F3N3O5/c1-28-13-4-2-3-11-9-12(17(27)29-14(11)13)16(26)25-7-5-10(6-8-25)15-23-24-18(30-15)19(20,21)22/h2-4,9-10H,5-8H2,1H3. The summed E-state index contributed by atoms with van der Waals surface area (Å²) in [5.74, 6) is -2.02. The number of likely N-dealkylation sites (tertiary alicyclic amines) is 1. The number of hydrogen-bond acceptors (Lipinski definition) is 7. The minimum Gasteiger partial charge on any atom is -0.493 e. The van der Waals surface area contributed by atoms with Crippen LogP contribution in [0.25, 0.3) is 11.0 Å². The van der Waals surface area contributed by atoms with Crippen molar-refractivity contribution >= 4 is 16.9 Å². The second-order valence-electron chi connectivity index (χ2n) is 6.84. The highest BCUT2D eigenvalue weighted by molar-refractivity contribution is 5.97. The van der Waals surface area contributed by atoms with Crippen LogP contribution in [0, 0.1) is 0 Å². The van der Waals surface area contributed by atoms with Crippen LogP contribution in [0.3, 0.4) is 0 Å². The summed E-state index contributed by atoms with van der Waals surface area (Å²) in [6.07, 6.45) is -4.04. The zero-order chi connectivity index (χ0) is 21.5. The van der Waals surface area contributed by atoms with E-state index in [0.29, 0.717) is 24.0 Å². The average molecular weight is 423 g/mol. The molecule has 0 spiro atoms. The molecule has 3 heterocycles. The number of fused-ring (bicyclic) bond motifs is 1. The molecule has 0 unspecified atom stereocenters. The second-order valence-corrected chi connectivity index (χ2v) is 6.84. The van der Waals surface area contributed by atoms with Gasteiger partial charge in [-0.2, -0.15) is 13.2 Å². The molecule has 158 valence electrons. The van der Waals surface area contributed by atoms with E-state index in [1.807, 2.05) is 0 Å². The lowest BCUT2D eigenvalue weighted by molar-refractivity contribution is -0.157. The van der Waals surface area contributed by atoms with E-state index < -0.39 is 29.5 Å². The fourth-order valence-corrected chi connectivity index (χ4v) is 3.44. The number of carbonyl (C=O) groups is 1. The van der Waals surface area contributed by atoms with Crippen LogP contribution in [0.15, 0.2) is 37.9 Å². The van der Waals surface area contributed by atoms with Gasteiger partial charge in [0.05, 0.1) is 7.11 Å². The Hall–Kier alpha value is -3.37. The number of para-hydroxylation sites is 1. The van der Waals surface area contributed by atoms with Crippen molar-refractivity contribution in [2.75, 3.05) is 20.2 Å². The number of carbonyl (C=O) groups excluding carboxylic acids is 1. The van der Waals surface area contributed by atoms with E-state index in [2.05, 4.69) is 10.2 Å². The molecule has 1 saturated heterocycles. The van der Waals surface area contributed by atoms with Crippen molar-refractivity contribution in [1.82, 2.24) is 15.1 Å². The predicted octanol–water partition coefficient (Wildman–Crippen LogP) is 3.22. The van der Waals surface area contributed by atoms with Gasteiger partial charge in [0.15, 0.2) is 11.3 Å². The lowest BCUT2D eigenvalue weighted by atomic mass is 9.96. The van der Waals surface area contributed by atoms with Crippen molar-refractivity contribution in [2.24, 2.45) is 0 Å². The summed E-state index contributed by atoms with van der Waals surface area (Å²) in [6.45, 7) is 0.450. The molecule has 0 N–H and O–H groups in total. The number of halogens is 3. The quantitative estimate of drug-likeness (QED) is 0.597. The topological polar surface area (TPSA) is 98.7 Å². The SMILES string of the molecule is COc1cccc2cc(C(=O)N3CCC(c4nnc(C(F)(F)F)o4)CC3)c(=O)oc12. The zero-order valence-electron chi connectivity index (χ0n) is 15.7. The van der Waals surface area contributed by atoms with Gasteiger partial charge in [-0.3, -0.25) is 4.79 Å². The fourth-order valence-electron chi connectivity index (χ4n) is 3.44. The number of alkyl halides is 3. The van der Waals surface area contributed by atoms with Gasteiger partial charge in [0, 0.05) is 24.4 Å². The number of aromatic nitrogens is 2. The summed E-state index contributed by atoms with van der Waals surface area (Å²) in [5, 5.41) is 7.05. The van der Waals surface area contributed by atoms with Crippen LogP contribution >= 0.6 is 0 Å². The van der Waals surface area contributed by atoms with Gasteiger partial charge in [-0.1, -0.05) is 12.1 Å². The summed E-state index contributed by atoms with van der Waals surface area (Å²) in [7, 11) is 1.44. The number of nitrogens with zero attached hydrogens (tertiary/aromatic N) is 3. The summed E-state index contributed by atoms with van der Waals surface area (Å²) in [5.41, 5.74) is -0.658. The van der Waals surface area contributed by atoms with Crippen molar-refractivity contribution in [2.45, 2.75) is 24.9 Å². The summed E-state index contributed by atoms with van der Waals surface area (Å²) < 4.78 is 53.0. The van der Waals surface area contributed by atoms with Crippen LogP contribution in [0.2, 0.25) is 0 Å². The highest BCUT2D eigenvalue weighted by Gasteiger charge is 2.39. The number of benzene rings is 1. The van der Waals surface area contributed by atoms with Gasteiger partial charge in [0.1, 0.15) is 5.56 Å². The van der Waals surface area contributed by atoms with Gasteiger partial charge in [-0.05, 0) is 25.0 Å². The molecule has 1 amide bonds. The van der Waals surface area contributed by atoms with Gasteiger partial charge < -0.3 is 18.5 Å². The molecule has 3 aromatic rings. The van der Waals surface area contributed by atoms with Crippen molar-refractivity contribution in [1.29, 1.82) is 0 Å². The molecule has 4 rings (SSSR count). The fraction of sp³-hybridized carbons (Fsp3) is 0.368. The molecule has 0 saturated carbocycles. The van der Waals surface area contributed by atoms with Crippen molar-refractivity contribution < 1.29 is 31.5 Å². The Morgan fingerprint density at radius 2 is 1.93 bits per heavy atom. The van der Waals surface area contributed by atoms with Crippen LogP contribution in [-0.2, 0) is 6.18 Å². The summed E-state index contributed by atoms with van der Waals surface area (Å²) in [6, 6.07) is 6.49. The molecule has 0 atom stereocenters. The molecule has 30 heavy (non-hydrogen) atoms. The molecule has 2 aromatic heterocycles. The van der Waals surface area contributed by atoms with E-state index in [-0.39, 0.29) is 30.1 Å². The van der Waals surface area contributed by atoms with Gasteiger partial charge in [-0.25, -0.2) is 4.79 Å². The Morgan fingerprint density at radius 1 is 1.20 bits per heavy atom. The molecule has 11 heteroatoms. The maximum Gasteiger partial charge on any atom is 0.470 e. The first-order valence-electron chi connectivity index (χ1n) is 9.08. The third-order valence-electron chi connectivity index (χ3n) is 4.99. The molecule has 8 nitrogen and oxygen atoms in total. The number of hydrogen-bond donors (Lipinski definition) is 0. The first-order valence-corrected chi connectivity index (χ1v) is 9.08. The lowest BCUT2D eigenvalue weighted by Crippen LogP contribution is -2.39. The van der Waals surface area contributed by atoms with Crippen molar-refractivity contribution in [3.63, 3.8) is 0 Å². The smallest absolute Gasteiger partial charge is 0.470 e. The average Bonchev–Trinajstić information content (AvgIpc) is 3.23. The van der Waals surface area contributed by atoms with E-state index in [9.17, 15) is 22.8 Å². The first-order chi connectivity index (χ1) is 14.3. The lowest BCUT2D eigenvalue weighted by Gasteiger charge is -2.30. The molecule has 0 aliphatic carbocycles. The third kappa shape index (κ3) is 3.62. The minimum atomic E-state index is -4.70. The van der Waals surface area contributed by atoms with E-state index in [1.165, 1.54) is 18.1 Å². The maximum absolute atomic E-state index is 12.8. The molecule has 1 aliphatic rings. The largest absolute Gasteiger partial charge is 0.493 e. The minimum absolute atomic E-state index is 0.105. The Kier molecular flexibility index (Phi) is 4.96.